The van der Waals surface area contributed by atoms with E-state index in [-0.39, 0.29) is 5.69 Å². The molecule has 0 aliphatic carbocycles. The quantitative estimate of drug-likeness (QED) is 0.833. The summed E-state index contributed by atoms with van der Waals surface area (Å²) in [4.78, 5) is 18.2. The molecule has 1 aliphatic rings. The zero-order chi connectivity index (χ0) is 15.2. The average molecular weight is 293 g/mol. The number of carbonyl (C=O) groups is 1. The number of likely N-dealkylation sites (N-methyl/N-ethyl adjacent to an activating group) is 1. The third-order valence-corrected chi connectivity index (χ3v) is 3.78. The smallest absolute Gasteiger partial charge is 0.340 e. The van der Waals surface area contributed by atoms with Crippen molar-refractivity contribution in [3.63, 3.8) is 0 Å². The highest BCUT2D eigenvalue weighted by molar-refractivity contribution is 5.96. The highest BCUT2D eigenvalue weighted by Gasteiger charge is 2.21. The summed E-state index contributed by atoms with van der Waals surface area (Å²) in [6.07, 6.45) is 5.06. The lowest BCUT2D eigenvalue weighted by molar-refractivity contribution is 0.0526. The second-order valence-corrected chi connectivity index (χ2v) is 5.24. The Morgan fingerprint density at radius 1 is 1.52 bits per heavy atom. The SMILES string of the molecule is CCOC(=O)c1ccnc(OCC2CCCCN2C)c1N. The number of pyridine rings is 1. The average Bonchev–Trinajstić information content (AvgIpc) is 2.48. The molecule has 6 heteroatoms. The van der Waals surface area contributed by atoms with Crippen molar-refractivity contribution in [1.82, 2.24) is 9.88 Å². The van der Waals surface area contributed by atoms with Crippen LogP contribution < -0.4 is 10.5 Å². The van der Waals surface area contributed by atoms with Crippen molar-refractivity contribution in [2.24, 2.45) is 0 Å². The van der Waals surface area contributed by atoms with Crippen molar-refractivity contribution in [1.29, 1.82) is 0 Å². The summed E-state index contributed by atoms with van der Waals surface area (Å²) < 4.78 is 10.7. The van der Waals surface area contributed by atoms with Crippen LogP contribution in [-0.4, -0.2) is 48.7 Å². The second kappa shape index (κ2) is 7.26. The van der Waals surface area contributed by atoms with Gasteiger partial charge in [-0.3, -0.25) is 0 Å². The molecule has 2 rings (SSSR count). The van der Waals surface area contributed by atoms with Crippen LogP contribution in [0.4, 0.5) is 5.69 Å². The van der Waals surface area contributed by atoms with Crippen LogP contribution in [0.5, 0.6) is 5.88 Å². The molecule has 0 amide bonds. The first kappa shape index (κ1) is 15.6. The van der Waals surface area contributed by atoms with Crippen LogP contribution in [0, 0.1) is 0 Å². The van der Waals surface area contributed by atoms with Gasteiger partial charge in [0.15, 0.2) is 0 Å². The molecule has 2 N–H and O–H groups in total. The number of piperidine rings is 1. The van der Waals surface area contributed by atoms with Gasteiger partial charge in [-0.25, -0.2) is 9.78 Å². The molecule has 1 atom stereocenters. The number of anilines is 1. The number of rotatable bonds is 5. The van der Waals surface area contributed by atoms with E-state index >= 15 is 0 Å². The Morgan fingerprint density at radius 3 is 3.05 bits per heavy atom. The molecular formula is C15H23N3O3. The van der Waals surface area contributed by atoms with Gasteiger partial charge in [0.25, 0.3) is 0 Å². The first-order chi connectivity index (χ1) is 10.1. The van der Waals surface area contributed by atoms with E-state index in [9.17, 15) is 4.79 Å². The number of esters is 1. The maximum atomic E-state index is 11.8. The van der Waals surface area contributed by atoms with Crippen molar-refractivity contribution < 1.29 is 14.3 Å². The maximum Gasteiger partial charge on any atom is 0.340 e. The number of hydrogen-bond donors (Lipinski definition) is 1. The zero-order valence-electron chi connectivity index (χ0n) is 12.7. The van der Waals surface area contributed by atoms with Crippen LogP contribution in [0.1, 0.15) is 36.5 Å². The van der Waals surface area contributed by atoms with Crippen LogP contribution in [0.25, 0.3) is 0 Å². The number of likely N-dealkylation sites (tertiary alicyclic amines) is 1. The number of nitrogen functional groups attached to an aromatic ring is 1. The minimum atomic E-state index is -0.447. The summed E-state index contributed by atoms with van der Waals surface area (Å²) in [6.45, 7) is 3.68. The highest BCUT2D eigenvalue weighted by Crippen LogP contribution is 2.24. The molecule has 0 bridgehead atoms. The van der Waals surface area contributed by atoms with E-state index in [4.69, 9.17) is 15.2 Å². The van der Waals surface area contributed by atoms with Gasteiger partial charge in [-0.2, -0.15) is 0 Å². The summed E-state index contributed by atoms with van der Waals surface area (Å²) in [5.41, 5.74) is 6.51. The first-order valence-corrected chi connectivity index (χ1v) is 7.38. The minimum absolute atomic E-state index is 0.245. The normalized spacial score (nSPS) is 19.2. The monoisotopic (exact) mass is 293 g/mol. The highest BCUT2D eigenvalue weighted by atomic mass is 16.5. The fourth-order valence-corrected chi connectivity index (χ4v) is 2.49. The lowest BCUT2D eigenvalue weighted by Crippen LogP contribution is -2.40. The lowest BCUT2D eigenvalue weighted by atomic mass is 10.0. The minimum Gasteiger partial charge on any atom is -0.475 e. The predicted molar refractivity (Wildman–Crippen MR) is 80.4 cm³/mol. The molecule has 21 heavy (non-hydrogen) atoms. The van der Waals surface area contributed by atoms with E-state index in [0.29, 0.717) is 30.7 Å². The zero-order valence-corrected chi connectivity index (χ0v) is 12.7. The van der Waals surface area contributed by atoms with Gasteiger partial charge in [0.1, 0.15) is 12.3 Å². The third kappa shape index (κ3) is 3.85. The summed E-state index contributed by atoms with van der Waals surface area (Å²) in [7, 11) is 2.10. The Morgan fingerprint density at radius 2 is 2.33 bits per heavy atom. The molecule has 1 saturated heterocycles. The largest absolute Gasteiger partial charge is 0.475 e. The van der Waals surface area contributed by atoms with Gasteiger partial charge in [-0.05, 0) is 39.4 Å². The Hall–Kier alpha value is -1.82. The van der Waals surface area contributed by atoms with Gasteiger partial charge in [-0.1, -0.05) is 6.42 Å². The number of nitrogens with zero attached hydrogens (tertiary/aromatic N) is 2. The second-order valence-electron chi connectivity index (χ2n) is 5.24. The van der Waals surface area contributed by atoms with E-state index < -0.39 is 5.97 Å². The van der Waals surface area contributed by atoms with Crippen LogP contribution in [0.3, 0.4) is 0 Å². The Balaban J connectivity index is 2.03. The van der Waals surface area contributed by atoms with E-state index in [1.54, 1.807) is 13.0 Å². The Labute approximate surface area is 125 Å². The van der Waals surface area contributed by atoms with Crippen molar-refractivity contribution in [2.75, 3.05) is 32.5 Å². The molecule has 6 nitrogen and oxygen atoms in total. The maximum absolute atomic E-state index is 11.8. The lowest BCUT2D eigenvalue weighted by Gasteiger charge is -2.32. The van der Waals surface area contributed by atoms with E-state index in [2.05, 4.69) is 16.9 Å². The molecule has 116 valence electrons. The van der Waals surface area contributed by atoms with Crippen molar-refractivity contribution in [3.05, 3.63) is 17.8 Å². The fourth-order valence-electron chi connectivity index (χ4n) is 2.49. The van der Waals surface area contributed by atoms with Gasteiger partial charge in [0.2, 0.25) is 5.88 Å². The van der Waals surface area contributed by atoms with Crippen LogP contribution in [0.2, 0.25) is 0 Å². The molecule has 0 aromatic carbocycles. The Kier molecular flexibility index (Phi) is 5.38. The molecule has 2 heterocycles. The predicted octanol–water partition coefficient (Wildman–Crippen LogP) is 1.70. The summed E-state index contributed by atoms with van der Waals surface area (Å²) >= 11 is 0. The van der Waals surface area contributed by atoms with Gasteiger partial charge in [-0.15, -0.1) is 0 Å². The van der Waals surface area contributed by atoms with Crippen molar-refractivity contribution in [3.8, 4) is 5.88 Å². The number of carbonyl (C=O) groups excluding carboxylic acids is 1. The number of nitrogens with two attached hydrogens (primary N) is 1. The molecule has 0 spiro atoms. The van der Waals surface area contributed by atoms with Crippen LogP contribution >= 0.6 is 0 Å². The molecule has 1 aliphatic heterocycles. The number of ether oxygens (including phenoxy) is 2. The van der Waals surface area contributed by atoms with E-state index in [1.807, 2.05) is 0 Å². The topological polar surface area (TPSA) is 77.7 Å². The molecule has 1 fully saturated rings. The van der Waals surface area contributed by atoms with Gasteiger partial charge >= 0.3 is 5.97 Å². The molecule has 0 radical (unpaired) electrons. The van der Waals surface area contributed by atoms with E-state index in [1.165, 1.54) is 19.0 Å². The molecular weight excluding hydrogens is 270 g/mol. The Bertz CT molecular complexity index is 493. The fraction of sp³-hybridized carbons (Fsp3) is 0.600. The number of hydrogen-bond acceptors (Lipinski definition) is 6. The summed E-state index contributed by atoms with van der Waals surface area (Å²) in [5, 5.41) is 0. The van der Waals surface area contributed by atoms with Gasteiger partial charge < -0.3 is 20.1 Å². The van der Waals surface area contributed by atoms with Gasteiger partial charge in [0.05, 0.1) is 12.2 Å². The number of aromatic nitrogens is 1. The van der Waals surface area contributed by atoms with Gasteiger partial charge in [0, 0.05) is 12.2 Å². The molecule has 0 saturated carbocycles. The molecule has 1 unspecified atom stereocenters. The van der Waals surface area contributed by atoms with Crippen LogP contribution in [0.15, 0.2) is 12.3 Å². The molecule has 1 aromatic heterocycles. The van der Waals surface area contributed by atoms with Crippen molar-refractivity contribution >= 4 is 11.7 Å². The summed E-state index contributed by atoms with van der Waals surface area (Å²) in [5.74, 6) is -0.142. The third-order valence-electron chi connectivity index (χ3n) is 3.78. The van der Waals surface area contributed by atoms with Crippen molar-refractivity contribution in [2.45, 2.75) is 32.2 Å². The van der Waals surface area contributed by atoms with E-state index in [0.717, 1.165) is 13.0 Å². The summed E-state index contributed by atoms with van der Waals surface area (Å²) in [6, 6.07) is 1.92. The van der Waals surface area contributed by atoms with Crippen LogP contribution in [-0.2, 0) is 4.74 Å². The standard InChI is InChI=1S/C15H23N3O3/c1-3-20-15(19)12-7-8-17-14(13(12)16)21-10-11-6-4-5-9-18(11)2/h7-8,11H,3-6,9-10,16H2,1-2H3. The molecule has 1 aromatic rings. The first-order valence-electron chi connectivity index (χ1n) is 7.38.